The van der Waals surface area contributed by atoms with E-state index in [1.54, 1.807) is 0 Å². The van der Waals surface area contributed by atoms with Crippen LogP contribution in [0.3, 0.4) is 0 Å². The van der Waals surface area contributed by atoms with E-state index in [4.69, 9.17) is 0 Å². The predicted octanol–water partition coefficient (Wildman–Crippen LogP) is 2.24. The molecule has 0 aromatic heterocycles. The topological polar surface area (TPSA) is 29.4 Å². The molecular formula is C8H5F2NO. The first-order valence-corrected chi connectivity index (χ1v) is 3.18. The number of rotatable bonds is 1. The number of hydrogen-bond acceptors (Lipinski definition) is 2. The van der Waals surface area contributed by atoms with Crippen LogP contribution >= 0.6 is 0 Å². The Bertz CT molecular complexity index is 356. The van der Waals surface area contributed by atoms with Gasteiger partial charge in [-0.05, 0) is 18.6 Å². The molecule has 0 aliphatic carbocycles. The Morgan fingerprint density at radius 2 is 2.00 bits per heavy atom. The van der Waals surface area contributed by atoms with Gasteiger partial charge in [0.2, 0.25) is 6.08 Å². The third kappa shape index (κ3) is 1.54. The maximum Gasteiger partial charge on any atom is 0.240 e. The van der Waals surface area contributed by atoms with Gasteiger partial charge < -0.3 is 0 Å². The molecule has 0 aliphatic heterocycles. The van der Waals surface area contributed by atoms with Crippen molar-refractivity contribution in [2.45, 2.75) is 6.92 Å². The lowest BCUT2D eigenvalue weighted by Crippen LogP contribution is -1.84. The fourth-order valence-electron chi connectivity index (χ4n) is 0.771. The summed E-state index contributed by atoms with van der Waals surface area (Å²) in [4.78, 5) is 12.7. The molecule has 0 atom stereocenters. The van der Waals surface area contributed by atoms with Crippen LogP contribution in [0.25, 0.3) is 0 Å². The van der Waals surface area contributed by atoms with E-state index in [1.807, 2.05) is 0 Å². The van der Waals surface area contributed by atoms with Crippen LogP contribution in [0.2, 0.25) is 0 Å². The summed E-state index contributed by atoms with van der Waals surface area (Å²) in [6.07, 6.45) is 1.14. The first-order chi connectivity index (χ1) is 5.65. The number of hydrogen-bond donors (Lipinski definition) is 0. The van der Waals surface area contributed by atoms with Crippen molar-refractivity contribution < 1.29 is 13.6 Å². The van der Waals surface area contributed by atoms with E-state index in [9.17, 15) is 13.6 Å². The Labute approximate surface area is 67.5 Å². The van der Waals surface area contributed by atoms with Crippen LogP contribution in [0.15, 0.2) is 17.1 Å². The lowest BCUT2D eigenvalue weighted by molar-refractivity contribution is 0.563. The quantitative estimate of drug-likeness (QED) is 0.468. The molecule has 0 heterocycles. The highest BCUT2D eigenvalue weighted by Crippen LogP contribution is 2.20. The van der Waals surface area contributed by atoms with Gasteiger partial charge in [-0.2, -0.15) is 4.99 Å². The number of carbonyl (C=O) groups excluding carboxylic acids is 1. The van der Waals surface area contributed by atoms with Crippen molar-refractivity contribution in [3.05, 3.63) is 29.3 Å². The van der Waals surface area contributed by atoms with Gasteiger partial charge in [0.15, 0.2) is 0 Å². The minimum Gasteiger partial charge on any atom is -0.211 e. The summed E-state index contributed by atoms with van der Waals surface area (Å²) < 4.78 is 25.5. The Morgan fingerprint density at radius 1 is 1.33 bits per heavy atom. The lowest BCUT2D eigenvalue weighted by atomic mass is 10.2. The fourth-order valence-corrected chi connectivity index (χ4v) is 0.771. The standard InChI is InChI=1S/C8H5F2NO/c1-5-2-7(10)8(11-4-12)3-6(5)9/h2-3H,1H3. The minimum atomic E-state index is -0.725. The number of nitrogens with zero attached hydrogens (tertiary/aromatic N) is 1. The first-order valence-electron chi connectivity index (χ1n) is 3.18. The molecule has 2 nitrogen and oxygen atoms in total. The monoisotopic (exact) mass is 169 g/mol. The second-order valence-corrected chi connectivity index (χ2v) is 2.26. The van der Waals surface area contributed by atoms with Gasteiger partial charge in [-0.1, -0.05) is 0 Å². The van der Waals surface area contributed by atoms with Crippen molar-refractivity contribution in [3.8, 4) is 0 Å². The third-order valence-corrected chi connectivity index (χ3v) is 1.39. The summed E-state index contributed by atoms with van der Waals surface area (Å²) in [7, 11) is 0. The second kappa shape index (κ2) is 3.24. The molecule has 0 unspecified atom stereocenters. The molecule has 0 saturated carbocycles. The fraction of sp³-hybridized carbons (Fsp3) is 0.125. The number of aryl methyl sites for hydroxylation is 1. The summed E-state index contributed by atoms with van der Waals surface area (Å²) in [6.45, 7) is 1.42. The molecule has 0 N–H and O–H groups in total. The average Bonchev–Trinajstić information content (AvgIpc) is 2.01. The Balaban J connectivity index is 3.32. The summed E-state index contributed by atoms with van der Waals surface area (Å²) >= 11 is 0. The normalized spacial score (nSPS) is 9.25. The van der Waals surface area contributed by atoms with E-state index in [0.29, 0.717) is 0 Å². The van der Waals surface area contributed by atoms with Gasteiger partial charge >= 0.3 is 0 Å². The van der Waals surface area contributed by atoms with Gasteiger partial charge in [0.1, 0.15) is 17.3 Å². The maximum absolute atomic E-state index is 12.8. The Morgan fingerprint density at radius 3 is 2.58 bits per heavy atom. The predicted molar refractivity (Wildman–Crippen MR) is 38.9 cm³/mol. The van der Waals surface area contributed by atoms with Crippen molar-refractivity contribution in [1.29, 1.82) is 0 Å². The molecule has 4 heteroatoms. The molecule has 0 radical (unpaired) electrons. The number of isocyanates is 1. The molecule has 0 amide bonds. The van der Waals surface area contributed by atoms with Gasteiger partial charge in [0, 0.05) is 6.07 Å². The van der Waals surface area contributed by atoms with E-state index in [0.717, 1.165) is 18.2 Å². The van der Waals surface area contributed by atoms with E-state index in [-0.39, 0.29) is 11.3 Å². The summed E-state index contributed by atoms with van der Waals surface area (Å²) in [5.74, 6) is -1.32. The zero-order valence-corrected chi connectivity index (χ0v) is 6.27. The molecule has 0 saturated heterocycles. The van der Waals surface area contributed by atoms with Crippen LogP contribution in [0.1, 0.15) is 5.56 Å². The van der Waals surface area contributed by atoms with Gasteiger partial charge in [-0.3, -0.25) is 0 Å². The van der Waals surface area contributed by atoms with Crippen LogP contribution in [-0.2, 0) is 4.79 Å². The molecule has 0 fully saturated rings. The molecule has 1 aromatic rings. The zero-order chi connectivity index (χ0) is 9.14. The zero-order valence-electron chi connectivity index (χ0n) is 6.27. The average molecular weight is 169 g/mol. The summed E-state index contributed by atoms with van der Waals surface area (Å²) in [6, 6.07) is 1.83. The van der Waals surface area contributed by atoms with E-state index >= 15 is 0 Å². The van der Waals surface area contributed by atoms with Crippen LogP contribution < -0.4 is 0 Å². The largest absolute Gasteiger partial charge is 0.240 e. The van der Waals surface area contributed by atoms with Crippen molar-refractivity contribution in [2.24, 2.45) is 4.99 Å². The Kier molecular flexibility index (Phi) is 2.31. The van der Waals surface area contributed by atoms with Crippen LogP contribution in [0.4, 0.5) is 14.5 Å². The van der Waals surface area contributed by atoms with Gasteiger partial charge in [-0.25, -0.2) is 13.6 Å². The van der Waals surface area contributed by atoms with Crippen LogP contribution in [0, 0.1) is 18.6 Å². The molecular weight excluding hydrogens is 164 g/mol. The molecule has 0 aliphatic rings. The van der Waals surface area contributed by atoms with Crippen LogP contribution in [0.5, 0.6) is 0 Å². The SMILES string of the molecule is Cc1cc(F)c(N=C=O)cc1F. The van der Waals surface area contributed by atoms with E-state index in [1.165, 1.54) is 6.92 Å². The minimum absolute atomic E-state index is 0.178. The lowest BCUT2D eigenvalue weighted by Gasteiger charge is -1.97. The van der Waals surface area contributed by atoms with Crippen molar-refractivity contribution in [1.82, 2.24) is 0 Å². The molecule has 0 spiro atoms. The first kappa shape index (κ1) is 8.56. The summed E-state index contributed by atoms with van der Waals surface area (Å²) in [5, 5.41) is 0. The molecule has 1 aromatic carbocycles. The highest BCUT2D eigenvalue weighted by molar-refractivity contribution is 5.50. The van der Waals surface area contributed by atoms with Gasteiger partial charge in [-0.15, -0.1) is 0 Å². The number of halogens is 2. The molecule has 62 valence electrons. The Hall–Kier alpha value is -1.54. The molecule has 12 heavy (non-hydrogen) atoms. The smallest absolute Gasteiger partial charge is 0.211 e. The van der Waals surface area contributed by atoms with E-state index < -0.39 is 11.6 Å². The molecule has 0 bridgehead atoms. The highest BCUT2D eigenvalue weighted by Gasteiger charge is 2.05. The second-order valence-electron chi connectivity index (χ2n) is 2.26. The number of benzene rings is 1. The number of aliphatic imine (C=N–C) groups is 1. The van der Waals surface area contributed by atoms with Gasteiger partial charge in [0.05, 0.1) is 0 Å². The summed E-state index contributed by atoms with van der Waals surface area (Å²) in [5.41, 5.74) is -0.148. The van der Waals surface area contributed by atoms with Crippen LogP contribution in [-0.4, -0.2) is 6.08 Å². The van der Waals surface area contributed by atoms with E-state index in [2.05, 4.69) is 4.99 Å². The van der Waals surface area contributed by atoms with Crippen molar-refractivity contribution in [3.63, 3.8) is 0 Å². The highest BCUT2D eigenvalue weighted by atomic mass is 19.1. The van der Waals surface area contributed by atoms with Gasteiger partial charge in [0.25, 0.3) is 0 Å². The third-order valence-electron chi connectivity index (χ3n) is 1.39. The van der Waals surface area contributed by atoms with Crippen molar-refractivity contribution in [2.75, 3.05) is 0 Å². The maximum atomic E-state index is 12.8. The van der Waals surface area contributed by atoms with Crippen molar-refractivity contribution >= 4 is 11.8 Å². The molecule has 1 rings (SSSR count).